The summed E-state index contributed by atoms with van der Waals surface area (Å²) < 4.78 is 33.6. The van der Waals surface area contributed by atoms with Crippen molar-refractivity contribution < 1.29 is 28.1 Å². The number of esters is 1. The minimum atomic E-state index is -0.577. The molecule has 0 aromatic heterocycles. The summed E-state index contributed by atoms with van der Waals surface area (Å²) in [6.45, 7) is 0.0244. The minimum Gasteiger partial charge on any atom is -0.496 e. The van der Waals surface area contributed by atoms with Crippen molar-refractivity contribution in [1.29, 1.82) is 0 Å². The van der Waals surface area contributed by atoms with Gasteiger partial charge in [0, 0.05) is 12.1 Å². The van der Waals surface area contributed by atoms with Gasteiger partial charge in [-0.2, -0.15) is 0 Å². The second kappa shape index (κ2) is 7.49. The molecule has 0 amide bonds. The molecule has 0 fully saturated rings. The molecule has 0 saturated carbocycles. The van der Waals surface area contributed by atoms with E-state index in [4.69, 9.17) is 18.9 Å². The van der Waals surface area contributed by atoms with Crippen molar-refractivity contribution in [2.24, 2.45) is 0 Å². The monoisotopic (exact) mass is 320 g/mol. The van der Waals surface area contributed by atoms with Gasteiger partial charge in [0.15, 0.2) is 11.5 Å². The van der Waals surface area contributed by atoms with Crippen LogP contribution < -0.4 is 14.2 Å². The average molecular weight is 320 g/mol. The van der Waals surface area contributed by atoms with E-state index in [0.717, 1.165) is 0 Å². The predicted molar refractivity (Wildman–Crippen MR) is 81.6 cm³/mol. The molecule has 0 aliphatic carbocycles. The van der Waals surface area contributed by atoms with Crippen LogP contribution in [0, 0.1) is 5.82 Å². The lowest BCUT2D eigenvalue weighted by Crippen LogP contribution is -2.08. The fourth-order valence-corrected chi connectivity index (χ4v) is 2.00. The maximum Gasteiger partial charge on any atom is 0.342 e. The Hall–Kier alpha value is -2.76. The highest BCUT2D eigenvalue weighted by atomic mass is 19.1. The maximum absolute atomic E-state index is 12.9. The summed E-state index contributed by atoms with van der Waals surface area (Å²) in [5, 5.41) is 0. The summed E-state index contributed by atoms with van der Waals surface area (Å²) in [5.41, 5.74) is 0.895. The van der Waals surface area contributed by atoms with Gasteiger partial charge in [0.25, 0.3) is 0 Å². The lowest BCUT2D eigenvalue weighted by atomic mass is 10.1. The molecule has 0 unspecified atom stereocenters. The molecule has 0 N–H and O–H groups in total. The topological polar surface area (TPSA) is 54.0 Å². The standard InChI is InChI=1S/C17H17FO5/c1-20-14-9-16(22-3)15(21-2)8-13(14)17(19)23-10-11-4-6-12(18)7-5-11/h4-9H,10H2,1-3H3. The molecule has 0 bridgehead atoms. The molecule has 0 radical (unpaired) electrons. The number of rotatable bonds is 6. The van der Waals surface area contributed by atoms with Crippen LogP contribution in [0.25, 0.3) is 0 Å². The van der Waals surface area contributed by atoms with Gasteiger partial charge in [0.2, 0.25) is 0 Å². The molecule has 2 aromatic carbocycles. The molecule has 2 rings (SSSR count). The van der Waals surface area contributed by atoms with Crippen LogP contribution in [-0.4, -0.2) is 27.3 Å². The van der Waals surface area contributed by atoms with E-state index in [1.165, 1.54) is 39.5 Å². The molecule has 0 spiro atoms. The number of hydrogen-bond acceptors (Lipinski definition) is 5. The van der Waals surface area contributed by atoms with Crippen LogP contribution in [0.2, 0.25) is 0 Å². The highest BCUT2D eigenvalue weighted by Gasteiger charge is 2.19. The number of benzene rings is 2. The Bertz CT molecular complexity index is 682. The van der Waals surface area contributed by atoms with E-state index in [9.17, 15) is 9.18 Å². The van der Waals surface area contributed by atoms with E-state index in [0.29, 0.717) is 22.8 Å². The molecule has 2 aromatic rings. The molecule has 0 atom stereocenters. The van der Waals surface area contributed by atoms with Gasteiger partial charge in [-0.3, -0.25) is 0 Å². The summed E-state index contributed by atoms with van der Waals surface area (Å²) in [5.74, 6) is 0.224. The van der Waals surface area contributed by atoms with E-state index in [1.54, 1.807) is 18.2 Å². The SMILES string of the molecule is COc1cc(OC)c(C(=O)OCc2ccc(F)cc2)cc1OC. The van der Waals surface area contributed by atoms with Crippen molar-refractivity contribution in [3.8, 4) is 17.2 Å². The maximum atomic E-state index is 12.9. The van der Waals surface area contributed by atoms with Crippen molar-refractivity contribution >= 4 is 5.97 Å². The number of hydrogen-bond donors (Lipinski definition) is 0. The zero-order valence-corrected chi connectivity index (χ0v) is 13.1. The zero-order valence-electron chi connectivity index (χ0n) is 13.1. The van der Waals surface area contributed by atoms with E-state index in [1.807, 2.05) is 0 Å². The van der Waals surface area contributed by atoms with Crippen LogP contribution in [0.1, 0.15) is 15.9 Å². The summed E-state index contributed by atoms with van der Waals surface area (Å²) in [7, 11) is 4.40. The smallest absolute Gasteiger partial charge is 0.342 e. The van der Waals surface area contributed by atoms with Crippen molar-refractivity contribution in [3.63, 3.8) is 0 Å². The fourth-order valence-electron chi connectivity index (χ4n) is 2.00. The van der Waals surface area contributed by atoms with E-state index in [2.05, 4.69) is 0 Å². The Morgan fingerprint density at radius 3 is 2.04 bits per heavy atom. The first-order chi connectivity index (χ1) is 11.1. The van der Waals surface area contributed by atoms with Gasteiger partial charge in [-0.15, -0.1) is 0 Å². The third kappa shape index (κ3) is 3.91. The first-order valence-corrected chi connectivity index (χ1v) is 6.80. The third-order valence-corrected chi connectivity index (χ3v) is 3.21. The van der Waals surface area contributed by atoms with Crippen molar-refractivity contribution in [2.45, 2.75) is 6.61 Å². The Kier molecular flexibility index (Phi) is 5.41. The molecule has 6 heteroatoms. The summed E-state index contributed by atoms with van der Waals surface area (Å²) in [6, 6.07) is 8.75. The Morgan fingerprint density at radius 2 is 1.48 bits per heavy atom. The predicted octanol–water partition coefficient (Wildman–Crippen LogP) is 3.21. The summed E-state index contributed by atoms with van der Waals surface area (Å²) in [4.78, 5) is 12.3. The Labute approximate surface area is 133 Å². The second-order valence-electron chi connectivity index (χ2n) is 4.61. The molecule has 122 valence electrons. The van der Waals surface area contributed by atoms with Gasteiger partial charge in [-0.25, -0.2) is 9.18 Å². The lowest BCUT2D eigenvalue weighted by molar-refractivity contribution is 0.0468. The van der Waals surface area contributed by atoms with Gasteiger partial charge >= 0.3 is 5.97 Å². The van der Waals surface area contributed by atoms with Crippen molar-refractivity contribution in [1.82, 2.24) is 0 Å². The van der Waals surface area contributed by atoms with Crippen molar-refractivity contribution in [3.05, 3.63) is 53.3 Å². The third-order valence-electron chi connectivity index (χ3n) is 3.21. The van der Waals surface area contributed by atoms with Crippen LogP contribution >= 0.6 is 0 Å². The fraction of sp³-hybridized carbons (Fsp3) is 0.235. The molecule has 0 aliphatic heterocycles. The summed E-state index contributed by atoms with van der Waals surface area (Å²) in [6.07, 6.45) is 0. The van der Waals surface area contributed by atoms with Crippen molar-refractivity contribution in [2.75, 3.05) is 21.3 Å². The molecule has 0 heterocycles. The van der Waals surface area contributed by atoms with E-state index in [-0.39, 0.29) is 18.0 Å². The van der Waals surface area contributed by atoms with Gasteiger partial charge in [0.05, 0.1) is 21.3 Å². The molecular formula is C17H17FO5. The largest absolute Gasteiger partial charge is 0.496 e. The molecule has 23 heavy (non-hydrogen) atoms. The van der Waals surface area contributed by atoms with Gasteiger partial charge in [0.1, 0.15) is 23.7 Å². The average Bonchev–Trinajstić information content (AvgIpc) is 2.59. The molecule has 5 nitrogen and oxygen atoms in total. The molecular weight excluding hydrogens is 303 g/mol. The van der Waals surface area contributed by atoms with Gasteiger partial charge in [-0.05, 0) is 17.7 Å². The first kappa shape index (κ1) is 16.6. The van der Waals surface area contributed by atoms with Crippen LogP contribution in [0.4, 0.5) is 4.39 Å². The molecule has 0 aliphatic rings. The highest BCUT2D eigenvalue weighted by molar-refractivity contribution is 5.93. The second-order valence-corrected chi connectivity index (χ2v) is 4.61. The van der Waals surface area contributed by atoms with Gasteiger partial charge < -0.3 is 18.9 Å². The van der Waals surface area contributed by atoms with Crippen LogP contribution in [0.15, 0.2) is 36.4 Å². The Balaban J connectivity index is 2.19. The molecule has 0 saturated heterocycles. The zero-order chi connectivity index (χ0) is 16.8. The van der Waals surface area contributed by atoms with Gasteiger partial charge in [-0.1, -0.05) is 12.1 Å². The normalized spacial score (nSPS) is 10.1. The highest BCUT2D eigenvalue weighted by Crippen LogP contribution is 2.35. The minimum absolute atomic E-state index is 0.0244. The quantitative estimate of drug-likeness (QED) is 0.765. The number of ether oxygens (including phenoxy) is 4. The van der Waals surface area contributed by atoms with Crippen LogP contribution in [-0.2, 0) is 11.3 Å². The van der Waals surface area contributed by atoms with Crippen LogP contribution in [0.5, 0.6) is 17.2 Å². The first-order valence-electron chi connectivity index (χ1n) is 6.80. The van der Waals surface area contributed by atoms with E-state index >= 15 is 0 Å². The summed E-state index contributed by atoms with van der Waals surface area (Å²) >= 11 is 0. The number of carbonyl (C=O) groups is 1. The van der Waals surface area contributed by atoms with Crippen LogP contribution in [0.3, 0.4) is 0 Å². The number of carbonyl (C=O) groups excluding carboxylic acids is 1. The Morgan fingerprint density at radius 1 is 0.913 bits per heavy atom. The van der Waals surface area contributed by atoms with E-state index < -0.39 is 5.97 Å². The number of methoxy groups -OCH3 is 3. The lowest BCUT2D eigenvalue weighted by Gasteiger charge is -2.13. The number of halogens is 1.